The van der Waals surface area contributed by atoms with Gasteiger partial charge in [-0.05, 0) is 88.7 Å². The Balaban J connectivity index is 2.01. The Labute approximate surface area is 243 Å². The molecule has 0 aliphatic heterocycles. The number of hydrogen-bond acceptors (Lipinski definition) is 6. The molecule has 9 nitrogen and oxygen atoms in total. The molecule has 1 N–H and O–H groups in total. The van der Waals surface area contributed by atoms with E-state index in [1.165, 1.54) is 17.0 Å². The molecule has 3 rings (SSSR count). The largest absolute Gasteiger partial charge is 0.497 e. The number of methoxy groups -OCH3 is 1. The fourth-order valence-electron chi connectivity index (χ4n) is 4.16. The van der Waals surface area contributed by atoms with Crippen LogP contribution in [0.25, 0.3) is 0 Å². The van der Waals surface area contributed by atoms with Crippen molar-refractivity contribution in [3.63, 3.8) is 0 Å². The van der Waals surface area contributed by atoms with Gasteiger partial charge in [0.25, 0.3) is 10.0 Å². The van der Waals surface area contributed by atoms with Gasteiger partial charge in [-0.2, -0.15) is 0 Å². The van der Waals surface area contributed by atoms with Crippen molar-refractivity contribution in [3.05, 3.63) is 83.9 Å². The third-order valence-corrected chi connectivity index (χ3v) is 8.22. The highest BCUT2D eigenvalue weighted by Crippen LogP contribution is 2.26. The topological polar surface area (TPSA) is 105 Å². The van der Waals surface area contributed by atoms with Crippen LogP contribution in [-0.2, 0) is 26.2 Å². The molecular formula is C31H39N3O6S. The van der Waals surface area contributed by atoms with Crippen molar-refractivity contribution in [2.24, 2.45) is 0 Å². The number of benzene rings is 3. The summed E-state index contributed by atoms with van der Waals surface area (Å²) in [5.41, 5.74) is 2.04. The second-order valence-electron chi connectivity index (χ2n) is 9.96. The van der Waals surface area contributed by atoms with Crippen LogP contribution in [-0.4, -0.2) is 57.5 Å². The van der Waals surface area contributed by atoms with Crippen LogP contribution >= 0.6 is 0 Å². The number of anilines is 1. The van der Waals surface area contributed by atoms with Crippen LogP contribution < -0.4 is 19.1 Å². The molecule has 0 bridgehead atoms. The van der Waals surface area contributed by atoms with Crippen LogP contribution in [0.2, 0.25) is 0 Å². The lowest BCUT2D eigenvalue weighted by atomic mass is 10.1. The van der Waals surface area contributed by atoms with Crippen LogP contribution in [0.5, 0.6) is 11.5 Å². The molecule has 0 spiro atoms. The van der Waals surface area contributed by atoms with Crippen LogP contribution in [0.1, 0.15) is 38.8 Å². The molecule has 0 fully saturated rings. The van der Waals surface area contributed by atoms with E-state index in [0.717, 1.165) is 15.4 Å². The number of nitrogens with zero attached hydrogens (tertiary/aromatic N) is 2. The second-order valence-corrected chi connectivity index (χ2v) is 11.8. The quantitative estimate of drug-likeness (QED) is 0.318. The maximum absolute atomic E-state index is 14.0. The summed E-state index contributed by atoms with van der Waals surface area (Å²) < 4.78 is 39.7. The molecular weight excluding hydrogens is 542 g/mol. The molecule has 3 aromatic rings. The minimum Gasteiger partial charge on any atom is -0.497 e. The van der Waals surface area contributed by atoms with E-state index < -0.39 is 28.5 Å². The molecule has 0 radical (unpaired) electrons. The maximum Gasteiger partial charge on any atom is 0.264 e. The lowest BCUT2D eigenvalue weighted by Gasteiger charge is -2.32. The molecule has 0 saturated carbocycles. The predicted octanol–water partition coefficient (Wildman–Crippen LogP) is 4.54. The van der Waals surface area contributed by atoms with Crippen molar-refractivity contribution >= 4 is 27.5 Å². The Bertz CT molecular complexity index is 1410. The first kappa shape index (κ1) is 31.5. The van der Waals surface area contributed by atoms with Crippen molar-refractivity contribution in [1.82, 2.24) is 10.2 Å². The first-order valence-electron chi connectivity index (χ1n) is 13.5. The minimum atomic E-state index is -4.16. The van der Waals surface area contributed by atoms with E-state index >= 15 is 0 Å². The number of nitrogens with one attached hydrogen (secondary N) is 1. The van der Waals surface area contributed by atoms with Crippen LogP contribution in [0.3, 0.4) is 0 Å². The van der Waals surface area contributed by atoms with Crippen molar-refractivity contribution < 1.29 is 27.5 Å². The average molecular weight is 582 g/mol. The zero-order valence-electron chi connectivity index (χ0n) is 24.5. The number of carbonyl (C=O) groups is 2. The van der Waals surface area contributed by atoms with Crippen LogP contribution in [0, 0.1) is 6.92 Å². The zero-order chi connectivity index (χ0) is 30.2. The normalized spacial score (nSPS) is 12.0. The summed E-state index contributed by atoms with van der Waals surface area (Å²) in [5.74, 6) is 0.338. The van der Waals surface area contributed by atoms with Crippen LogP contribution in [0.15, 0.2) is 77.7 Å². The van der Waals surface area contributed by atoms with Gasteiger partial charge in [0.15, 0.2) is 0 Å². The summed E-state index contributed by atoms with van der Waals surface area (Å²) in [6, 6.07) is 19.1. The number of rotatable bonds is 13. The van der Waals surface area contributed by atoms with Crippen molar-refractivity contribution in [2.45, 2.75) is 58.1 Å². The molecule has 0 aliphatic rings. The van der Waals surface area contributed by atoms with Crippen LogP contribution in [0.4, 0.5) is 5.69 Å². The maximum atomic E-state index is 14.0. The average Bonchev–Trinajstić information content (AvgIpc) is 2.95. The fourth-order valence-corrected chi connectivity index (χ4v) is 5.57. The number of ether oxygens (including phenoxy) is 2. The molecule has 41 heavy (non-hydrogen) atoms. The Kier molecular flexibility index (Phi) is 10.8. The van der Waals surface area contributed by atoms with E-state index in [-0.39, 0.29) is 23.4 Å². The molecule has 0 heterocycles. The van der Waals surface area contributed by atoms with E-state index in [1.807, 2.05) is 27.7 Å². The Hall–Kier alpha value is -4.05. The second kappa shape index (κ2) is 14.0. The number of hydrogen-bond donors (Lipinski definition) is 1. The monoisotopic (exact) mass is 581 g/mol. The van der Waals surface area contributed by atoms with E-state index in [2.05, 4.69) is 5.32 Å². The highest BCUT2D eigenvalue weighted by molar-refractivity contribution is 7.92. The standard InChI is InChI=1S/C31H39N3O6S/c1-7-40-28-16-18-29(19-17-28)41(37,38)34(26-12-8-23(4)9-13-26)21-30(35)33(24(5)31(36)32-22(2)3)20-25-10-14-27(39-6)15-11-25/h8-19,22,24H,7,20-21H2,1-6H3,(H,32,36)/t24-/m1/s1. The summed E-state index contributed by atoms with van der Waals surface area (Å²) in [6.07, 6.45) is 0. The SMILES string of the molecule is CCOc1ccc(S(=O)(=O)N(CC(=O)N(Cc2ccc(OC)cc2)[C@H](C)C(=O)NC(C)C)c2ccc(C)cc2)cc1. The smallest absolute Gasteiger partial charge is 0.264 e. The predicted molar refractivity (Wildman–Crippen MR) is 160 cm³/mol. The molecule has 0 saturated heterocycles. The lowest BCUT2D eigenvalue weighted by molar-refractivity contribution is -0.139. The molecule has 0 aliphatic carbocycles. The number of carbonyl (C=O) groups excluding carboxylic acids is 2. The van der Waals surface area contributed by atoms with Crippen molar-refractivity contribution in [3.8, 4) is 11.5 Å². The Morgan fingerprint density at radius 2 is 1.46 bits per heavy atom. The minimum absolute atomic E-state index is 0.0154. The van der Waals surface area contributed by atoms with Gasteiger partial charge in [0.05, 0.1) is 24.3 Å². The summed E-state index contributed by atoms with van der Waals surface area (Å²) in [5, 5.41) is 2.85. The van der Waals surface area contributed by atoms with Gasteiger partial charge in [-0.25, -0.2) is 8.42 Å². The highest BCUT2D eigenvalue weighted by atomic mass is 32.2. The Morgan fingerprint density at radius 1 is 0.878 bits per heavy atom. The molecule has 0 unspecified atom stereocenters. The van der Waals surface area contributed by atoms with Crippen molar-refractivity contribution in [1.29, 1.82) is 0 Å². The molecule has 1 atom stereocenters. The lowest BCUT2D eigenvalue weighted by Crippen LogP contribution is -2.52. The molecule has 10 heteroatoms. The van der Waals surface area contributed by atoms with E-state index in [4.69, 9.17) is 9.47 Å². The summed E-state index contributed by atoms with van der Waals surface area (Å²) in [6.45, 7) is 9.08. The summed E-state index contributed by atoms with van der Waals surface area (Å²) in [7, 11) is -2.60. The molecule has 220 valence electrons. The zero-order valence-corrected chi connectivity index (χ0v) is 25.3. The fraction of sp³-hybridized carbons (Fsp3) is 0.355. The van der Waals surface area contributed by atoms with Gasteiger partial charge < -0.3 is 19.7 Å². The van der Waals surface area contributed by atoms with Gasteiger partial charge in [0, 0.05) is 12.6 Å². The van der Waals surface area contributed by atoms with Crippen molar-refractivity contribution in [2.75, 3.05) is 24.6 Å². The number of aryl methyl sites for hydroxylation is 1. The molecule has 2 amide bonds. The van der Waals surface area contributed by atoms with Gasteiger partial charge in [-0.15, -0.1) is 0 Å². The first-order valence-corrected chi connectivity index (χ1v) is 14.9. The first-order chi connectivity index (χ1) is 19.5. The van der Waals surface area contributed by atoms with Gasteiger partial charge in [-0.3, -0.25) is 13.9 Å². The number of amides is 2. The van der Waals surface area contributed by atoms with Gasteiger partial charge in [-0.1, -0.05) is 29.8 Å². The molecule has 3 aromatic carbocycles. The van der Waals surface area contributed by atoms with E-state index in [0.29, 0.717) is 23.8 Å². The molecule has 0 aromatic heterocycles. The van der Waals surface area contributed by atoms with Gasteiger partial charge in [0.1, 0.15) is 24.1 Å². The summed E-state index contributed by atoms with van der Waals surface area (Å²) >= 11 is 0. The van der Waals surface area contributed by atoms with E-state index in [1.54, 1.807) is 74.7 Å². The van der Waals surface area contributed by atoms with E-state index in [9.17, 15) is 18.0 Å². The number of sulfonamides is 1. The third kappa shape index (κ3) is 8.23. The Morgan fingerprint density at radius 3 is 2.00 bits per heavy atom. The van der Waals surface area contributed by atoms with Gasteiger partial charge >= 0.3 is 0 Å². The third-order valence-electron chi connectivity index (χ3n) is 6.43. The van der Waals surface area contributed by atoms with Gasteiger partial charge in [0.2, 0.25) is 11.8 Å². The highest BCUT2D eigenvalue weighted by Gasteiger charge is 2.32. The summed E-state index contributed by atoms with van der Waals surface area (Å²) in [4.78, 5) is 28.4.